The Morgan fingerprint density at radius 3 is 2.43 bits per heavy atom. The summed E-state index contributed by atoms with van der Waals surface area (Å²) in [7, 11) is -3.27. The Balaban J connectivity index is 1.81. The summed E-state index contributed by atoms with van der Waals surface area (Å²) >= 11 is 0. The van der Waals surface area contributed by atoms with Crippen LogP contribution in [0.3, 0.4) is 0 Å². The van der Waals surface area contributed by atoms with E-state index < -0.39 is 10.0 Å². The van der Waals surface area contributed by atoms with Gasteiger partial charge in [0, 0.05) is 52.4 Å². The van der Waals surface area contributed by atoms with Crippen molar-refractivity contribution >= 4 is 16.0 Å². The Morgan fingerprint density at radius 1 is 1.14 bits per heavy atom. The number of sulfonamides is 1. The highest BCUT2D eigenvalue weighted by Gasteiger charge is 2.28. The Bertz CT molecular complexity index is 571. The SMILES string of the molecule is CCNC(=NCCN1CCOCC1)N1CCN(S(=O)(=O)CCOC(C)C)CC1. The van der Waals surface area contributed by atoms with Crippen molar-refractivity contribution in [3.63, 3.8) is 0 Å². The third-order valence-electron chi connectivity index (χ3n) is 4.84. The standard InChI is InChI=1S/C18H37N5O4S/c1-4-19-18(20-5-6-21-11-13-26-14-12-21)22-7-9-23(10-8-22)28(24,25)16-15-27-17(2)3/h17H,4-16H2,1-3H3,(H,19,20). The Kier molecular flexibility index (Phi) is 9.93. The van der Waals surface area contributed by atoms with Gasteiger partial charge in [-0.3, -0.25) is 9.89 Å². The van der Waals surface area contributed by atoms with Gasteiger partial charge in [-0.2, -0.15) is 4.31 Å². The van der Waals surface area contributed by atoms with Gasteiger partial charge in [-0.1, -0.05) is 0 Å². The van der Waals surface area contributed by atoms with Crippen LogP contribution in [0.4, 0.5) is 0 Å². The molecule has 0 bridgehead atoms. The molecule has 9 nitrogen and oxygen atoms in total. The monoisotopic (exact) mass is 419 g/mol. The third-order valence-corrected chi connectivity index (χ3v) is 6.67. The quantitative estimate of drug-likeness (QED) is 0.404. The van der Waals surface area contributed by atoms with Crippen LogP contribution in [0.1, 0.15) is 20.8 Å². The maximum atomic E-state index is 12.5. The lowest BCUT2D eigenvalue weighted by Gasteiger charge is -2.36. The van der Waals surface area contributed by atoms with E-state index >= 15 is 0 Å². The highest BCUT2D eigenvalue weighted by atomic mass is 32.2. The van der Waals surface area contributed by atoms with E-state index in [-0.39, 0.29) is 18.5 Å². The second kappa shape index (κ2) is 11.9. The van der Waals surface area contributed by atoms with Gasteiger partial charge in [-0.15, -0.1) is 0 Å². The zero-order valence-corrected chi connectivity index (χ0v) is 18.4. The summed E-state index contributed by atoms with van der Waals surface area (Å²) in [6.45, 7) is 14.3. The first-order chi connectivity index (χ1) is 13.4. The van der Waals surface area contributed by atoms with Crippen LogP contribution in [-0.2, 0) is 19.5 Å². The number of morpholine rings is 1. The molecule has 0 aromatic carbocycles. The van der Waals surface area contributed by atoms with Crippen LogP contribution in [0.25, 0.3) is 0 Å². The molecule has 0 amide bonds. The van der Waals surface area contributed by atoms with E-state index in [0.29, 0.717) is 26.2 Å². The fourth-order valence-corrected chi connectivity index (χ4v) is 4.53. The van der Waals surface area contributed by atoms with E-state index in [4.69, 9.17) is 14.5 Å². The molecule has 0 aliphatic carbocycles. The number of hydrogen-bond acceptors (Lipinski definition) is 6. The van der Waals surface area contributed by atoms with Gasteiger partial charge in [-0.25, -0.2) is 8.42 Å². The highest BCUT2D eigenvalue weighted by molar-refractivity contribution is 7.89. The molecule has 0 saturated carbocycles. The van der Waals surface area contributed by atoms with Crippen molar-refractivity contribution < 1.29 is 17.9 Å². The van der Waals surface area contributed by atoms with Gasteiger partial charge in [-0.05, 0) is 20.8 Å². The predicted octanol–water partition coefficient (Wildman–Crippen LogP) is -0.343. The minimum atomic E-state index is -3.27. The Morgan fingerprint density at radius 2 is 1.82 bits per heavy atom. The van der Waals surface area contributed by atoms with Crippen molar-refractivity contribution in [3.05, 3.63) is 0 Å². The molecule has 0 aromatic rings. The van der Waals surface area contributed by atoms with E-state index in [2.05, 4.69) is 15.1 Å². The van der Waals surface area contributed by atoms with Gasteiger partial charge >= 0.3 is 0 Å². The van der Waals surface area contributed by atoms with E-state index in [0.717, 1.165) is 51.9 Å². The summed E-state index contributed by atoms with van der Waals surface area (Å²) in [6.07, 6.45) is 0.0448. The summed E-state index contributed by atoms with van der Waals surface area (Å²) in [5.41, 5.74) is 0. The Hall–Kier alpha value is -0.940. The molecule has 164 valence electrons. The van der Waals surface area contributed by atoms with Crippen molar-refractivity contribution in [2.24, 2.45) is 4.99 Å². The van der Waals surface area contributed by atoms with Crippen LogP contribution in [0.5, 0.6) is 0 Å². The molecule has 1 N–H and O–H groups in total. The van der Waals surface area contributed by atoms with Gasteiger partial charge in [0.25, 0.3) is 0 Å². The zero-order chi connectivity index (χ0) is 20.4. The highest BCUT2D eigenvalue weighted by Crippen LogP contribution is 2.09. The summed E-state index contributed by atoms with van der Waals surface area (Å²) in [4.78, 5) is 9.26. The molecule has 2 rings (SSSR count). The molecule has 2 saturated heterocycles. The number of nitrogens with one attached hydrogen (secondary N) is 1. The lowest BCUT2D eigenvalue weighted by atomic mass is 10.4. The van der Waals surface area contributed by atoms with Gasteiger partial charge < -0.3 is 19.7 Å². The van der Waals surface area contributed by atoms with Gasteiger partial charge in [0.15, 0.2) is 5.96 Å². The van der Waals surface area contributed by atoms with Crippen molar-refractivity contribution in [1.29, 1.82) is 0 Å². The number of hydrogen-bond donors (Lipinski definition) is 1. The smallest absolute Gasteiger partial charge is 0.216 e. The van der Waals surface area contributed by atoms with Crippen molar-refractivity contribution in [2.75, 3.05) is 84.5 Å². The van der Waals surface area contributed by atoms with E-state index in [1.165, 1.54) is 0 Å². The molecule has 0 aromatic heterocycles. The van der Waals surface area contributed by atoms with Crippen LogP contribution in [0.2, 0.25) is 0 Å². The second-order valence-electron chi connectivity index (χ2n) is 7.31. The van der Waals surface area contributed by atoms with Crippen LogP contribution < -0.4 is 5.32 Å². The van der Waals surface area contributed by atoms with E-state index in [9.17, 15) is 8.42 Å². The summed E-state index contributed by atoms with van der Waals surface area (Å²) in [5, 5.41) is 3.34. The first-order valence-corrected chi connectivity index (χ1v) is 12.0. The molecule has 2 fully saturated rings. The Labute approximate surface area is 170 Å². The molecule has 2 aliphatic rings. The number of guanidine groups is 1. The van der Waals surface area contributed by atoms with Crippen molar-refractivity contribution in [2.45, 2.75) is 26.9 Å². The number of nitrogens with zero attached hydrogens (tertiary/aromatic N) is 4. The molecule has 0 radical (unpaired) electrons. The minimum Gasteiger partial charge on any atom is -0.379 e. The number of aliphatic imine (C=N–C) groups is 1. The van der Waals surface area contributed by atoms with Crippen LogP contribution >= 0.6 is 0 Å². The lowest BCUT2D eigenvalue weighted by Crippen LogP contribution is -2.54. The van der Waals surface area contributed by atoms with Gasteiger partial charge in [0.05, 0.1) is 38.2 Å². The largest absolute Gasteiger partial charge is 0.379 e. The van der Waals surface area contributed by atoms with Gasteiger partial charge in [0.2, 0.25) is 10.0 Å². The van der Waals surface area contributed by atoms with Crippen LogP contribution in [0, 0.1) is 0 Å². The normalized spacial score (nSPS) is 20.7. The molecule has 0 spiro atoms. The number of rotatable bonds is 9. The van der Waals surface area contributed by atoms with Crippen molar-refractivity contribution in [1.82, 2.24) is 19.4 Å². The summed E-state index contributed by atoms with van der Waals surface area (Å²) in [6, 6.07) is 0. The molecule has 0 atom stereocenters. The average Bonchev–Trinajstić information content (AvgIpc) is 2.68. The average molecular weight is 420 g/mol. The fraction of sp³-hybridized carbons (Fsp3) is 0.944. The number of piperazine rings is 1. The zero-order valence-electron chi connectivity index (χ0n) is 17.6. The summed E-state index contributed by atoms with van der Waals surface area (Å²) in [5.74, 6) is 0.912. The molecular weight excluding hydrogens is 382 g/mol. The molecule has 28 heavy (non-hydrogen) atoms. The van der Waals surface area contributed by atoms with Crippen LogP contribution in [-0.4, -0.2) is 119 Å². The topological polar surface area (TPSA) is 86.7 Å². The lowest BCUT2D eigenvalue weighted by molar-refractivity contribution is 0.0394. The molecular formula is C18H37N5O4S. The van der Waals surface area contributed by atoms with Crippen LogP contribution in [0.15, 0.2) is 4.99 Å². The minimum absolute atomic E-state index is 0.0406. The summed E-state index contributed by atoms with van der Waals surface area (Å²) < 4.78 is 37.3. The third kappa shape index (κ3) is 7.82. The fourth-order valence-electron chi connectivity index (χ4n) is 3.24. The first-order valence-electron chi connectivity index (χ1n) is 10.3. The molecule has 2 heterocycles. The van der Waals surface area contributed by atoms with E-state index in [1.54, 1.807) is 4.31 Å². The van der Waals surface area contributed by atoms with Crippen molar-refractivity contribution in [3.8, 4) is 0 Å². The maximum absolute atomic E-state index is 12.5. The van der Waals surface area contributed by atoms with Gasteiger partial charge in [0.1, 0.15) is 0 Å². The second-order valence-corrected chi connectivity index (χ2v) is 9.40. The molecule has 0 unspecified atom stereocenters. The maximum Gasteiger partial charge on any atom is 0.216 e. The first kappa shape index (κ1) is 23.3. The molecule has 10 heteroatoms. The number of ether oxygens (including phenoxy) is 2. The van der Waals surface area contributed by atoms with E-state index in [1.807, 2.05) is 20.8 Å². The molecule has 2 aliphatic heterocycles. The predicted molar refractivity (Wildman–Crippen MR) is 111 cm³/mol.